The summed E-state index contributed by atoms with van der Waals surface area (Å²) in [4.78, 5) is 21.4. The van der Waals surface area contributed by atoms with E-state index >= 15 is 0 Å². The van der Waals surface area contributed by atoms with Crippen LogP contribution in [0.4, 0.5) is 14.5 Å². The number of aromatic nitrogens is 2. The van der Waals surface area contributed by atoms with E-state index in [1.807, 2.05) is 24.3 Å². The molecule has 4 rings (SSSR count). The minimum Gasteiger partial charge on any atom is -0.319 e. The van der Waals surface area contributed by atoms with Gasteiger partial charge in [-0.1, -0.05) is 12.1 Å². The van der Waals surface area contributed by atoms with Gasteiger partial charge in [0.1, 0.15) is 22.3 Å². The Balaban J connectivity index is 1.72. The molecule has 2 heterocycles. The zero-order valence-corrected chi connectivity index (χ0v) is 14.1. The van der Waals surface area contributed by atoms with Crippen molar-refractivity contribution in [2.45, 2.75) is 0 Å². The van der Waals surface area contributed by atoms with Crippen LogP contribution in [0.15, 0.2) is 60.8 Å². The summed E-state index contributed by atoms with van der Waals surface area (Å²) < 4.78 is 27.8. The molecule has 1 amide bonds. The van der Waals surface area contributed by atoms with E-state index in [0.717, 1.165) is 16.3 Å². The lowest BCUT2D eigenvalue weighted by atomic mass is 10.1. The number of pyridine rings is 1. The SMILES string of the molecule is O=C(Nc1ccc(F)cc1F)c1cccnc1-c1nc2ccccc2s1. The molecule has 0 bridgehead atoms. The minimum atomic E-state index is -0.844. The lowest BCUT2D eigenvalue weighted by molar-refractivity contribution is 0.102. The second-order valence-corrected chi connectivity index (χ2v) is 6.50. The van der Waals surface area contributed by atoms with Crippen LogP contribution in [0.5, 0.6) is 0 Å². The Labute approximate surface area is 151 Å². The number of amides is 1. The van der Waals surface area contributed by atoms with E-state index in [1.54, 1.807) is 18.3 Å². The van der Waals surface area contributed by atoms with Crippen molar-refractivity contribution in [2.75, 3.05) is 5.32 Å². The molecular formula is C19H11F2N3OS. The quantitative estimate of drug-likeness (QED) is 0.561. The lowest BCUT2D eigenvalue weighted by Gasteiger charge is -2.08. The summed E-state index contributed by atoms with van der Waals surface area (Å²) in [6.07, 6.45) is 1.57. The van der Waals surface area contributed by atoms with Crippen LogP contribution in [0.25, 0.3) is 20.9 Å². The molecule has 0 saturated heterocycles. The lowest BCUT2D eigenvalue weighted by Crippen LogP contribution is -2.14. The fraction of sp³-hybridized carbons (Fsp3) is 0. The van der Waals surface area contributed by atoms with Gasteiger partial charge in [-0.2, -0.15) is 0 Å². The number of fused-ring (bicyclic) bond motifs is 1. The zero-order chi connectivity index (χ0) is 18.1. The Morgan fingerprint density at radius 2 is 1.88 bits per heavy atom. The molecule has 4 nitrogen and oxygen atoms in total. The van der Waals surface area contributed by atoms with Crippen molar-refractivity contribution < 1.29 is 13.6 Å². The topological polar surface area (TPSA) is 54.9 Å². The molecule has 2 aromatic heterocycles. The molecule has 0 aliphatic heterocycles. The third-order valence-corrected chi connectivity index (χ3v) is 4.77. The number of halogens is 2. The molecule has 0 spiro atoms. The van der Waals surface area contributed by atoms with Crippen molar-refractivity contribution in [1.29, 1.82) is 0 Å². The van der Waals surface area contributed by atoms with Crippen LogP contribution in [-0.4, -0.2) is 15.9 Å². The summed E-state index contributed by atoms with van der Waals surface area (Å²) in [6, 6.07) is 13.8. The summed E-state index contributed by atoms with van der Waals surface area (Å²) in [6.45, 7) is 0. The van der Waals surface area contributed by atoms with Crippen molar-refractivity contribution in [3.05, 3.63) is 78.0 Å². The molecule has 26 heavy (non-hydrogen) atoms. The van der Waals surface area contributed by atoms with E-state index in [-0.39, 0.29) is 11.3 Å². The molecule has 7 heteroatoms. The molecule has 0 unspecified atom stereocenters. The summed E-state index contributed by atoms with van der Waals surface area (Å²) in [7, 11) is 0. The Bertz CT molecular complexity index is 1090. The Morgan fingerprint density at radius 3 is 2.69 bits per heavy atom. The molecule has 128 valence electrons. The van der Waals surface area contributed by atoms with Crippen LogP contribution in [0, 0.1) is 11.6 Å². The maximum Gasteiger partial charge on any atom is 0.258 e. The van der Waals surface area contributed by atoms with Crippen molar-refractivity contribution >= 4 is 33.1 Å². The van der Waals surface area contributed by atoms with Crippen LogP contribution in [0.2, 0.25) is 0 Å². The van der Waals surface area contributed by atoms with E-state index in [4.69, 9.17) is 0 Å². The number of anilines is 1. The van der Waals surface area contributed by atoms with Crippen molar-refractivity contribution in [3.8, 4) is 10.7 Å². The van der Waals surface area contributed by atoms with E-state index in [1.165, 1.54) is 17.4 Å². The molecule has 2 aromatic carbocycles. The number of nitrogens with zero attached hydrogens (tertiary/aromatic N) is 2. The standard InChI is InChI=1S/C19H11F2N3OS/c20-11-7-8-14(13(21)10-11)23-18(25)12-4-3-9-22-17(12)19-24-15-5-1-2-6-16(15)26-19/h1-10H,(H,23,25). The number of benzene rings is 2. The molecule has 1 N–H and O–H groups in total. The van der Waals surface area contributed by atoms with Gasteiger partial charge >= 0.3 is 0 Å². The molecule has 0 aliphatic rings. The van der Waals surface area contributed by atoms with Gasteiger partial charge in [0, 0.05) is 12.3 Å². The van der Waals surface area contributed by atoms with Gasteiger partial charge in [-0.25, -0.2) is 13.8 Å². The molecular weight excluding hydrogens is 356 g/mol. The molecule has 0 fully saturated rings. The highest BCUT2D eigenvalue weighted by Gasteiger charge is 2.18. The fourth-order valence-corrected chi connectivity index (χ4v) is 3.49. The number of thiazole rings is 1. The maximum absolute atomic E-state index is 13.8. The predicted molar refractivity (Wildman–Crippen MR) is 97.2 cm³/mol. The van der Waals surface area contributed by atoms with Gasteiger partial charge in [0.25, 0.3) is 5.91 Å². The zero-order valence-electron chi connectivity index (χ0n) is 13.2. The smallest absolute Gasteiger partial charge is 0.258 e. The monoisotopic (exact) mass is 367 g/mol. The first-order valence-electron chi connectivity index (χ1n) is 7.69. The average molecular weight is 367 g/mol. The van der Waals surface area contributed by atoms with Gasteiger partial charge < -0.3 is 5.32 Å². The predicted octanol–water partition coefficient (Wildman–Crippen LogP) is 4.89. The van der Waals surface area contributed by atoms with Crippen molar-refractivity contribution in [3.63, 3.8) is 0 Å². The van der Waals surface area contributed by atoms with Gasteiger partial charge in [-0.3, -0.25) is 9.78 Å². The summed E-state index contributed by atoms with van der Waals surface area (Å²) in [5.74, 6) is -2.10. The van der Waals surface area contributed by atoms with Crippen LogP contribution in [-0.2, 0) is 0 Å². The number of carbonyl (C=O) groups is 1. The highest BCUT2D eigenvalue weighted by molar-refractivity contribution is 7.21. The fourth-order valence-electron chi connectivity index (χ4n) is 2.51. The first kappa shape index (κ1) is 16.3. The van der Waals surface area contributed by atoms with Gasteiger partial charge in [0.15, 0.2) is 0 Å². The third kappa shape index (κ3) is 3.04. The van der Waals surface area contributed by atoms with Gasteiger partial charge in [0.05, 0.1) is 21.5 Å². The van der Waals surface area contributed by atoms with Crippen LogP contribution in [0.3, 0.4) is 0 Å². The third-order valence-electron chi connectivity index (χ3n) is 3.73. The molecule has 4 aromatic rings. The van der Waals surface area contributed by atoms with Crippen LogP contribution < -0.4 is 5.32 Å². The number of hydrogen-bond donors (Lipinski definition) is 1. The summed E-state index contributed by atoms with van der Waals surface area (Å²) in [5, 5.41) is 3.05. The van der Waals surface area contributed by atoms with Gasteiger partial charge in [0.2, 0.25) is 0 Å². The number of hydrogen-bond acceptors (Lipinski definition) is 4. The summed E-state index contributed by atoms with van der Waals surface area (Å²) >= 11 is 1.42. The summed E-state index contributed by atoms with van der Waals surface area (Å²) in [5.41, 5.74) is 1.38. The first-order chi connectivity index (χ1) is 12.6. The Morgan fingerprint density at radius 1 is 1.04 bits per heavy atom. The van der Waals surface area contributed by atoms with Crippen LogP contribution in [0.1, 0.15) is 10.4 Å². The van der Waals surface area contributed by atoms with Gasteiger partial charge in [-0.15, -0.1) is 11.3 Å². The highest BCUT2D eigenvalue weighted by atomic mass is 32.1. The maximum atomic E-state index is 13.8. The van der Waals surface area contributed by atoms with E-state index < -0.39 is 17.5 Å². The Hall–Kier alpha value is -3.19. The number of para-hydroxylation sites is 1. The second kappa shape index (κ2) is 6.61. The van der Waals surface area contributed by atoms with Gasteiger partial charge in [-0.05, 0) is 36.4 Å². The average Bonchev–Trinajstić information content (AvgIpc) is 3.08. The Kier molecular flexibility index (Phi) is 4.14. The highest BCUT2D eigenvalue weighted by Crippen LogP contribution is 2.31. The normalized spacial score (nSPS) is 10.8. The number of carbonyl (C=O) groups excluding carboxylic acids is 1. The molecule has 0 aliphatic carbocycles. The number of rotatable bonds is 3. The minimum absolute atomic E-state index is 0.101. The largest absolute Gasteiger partial charge is 0.319 e. The molecule has 0 radical (unpaired) electrons. The van der Waals surface area contributed by atoms with Crippen molar-refractivity contribution in [2.24, 2.45) is 0 Å². The number of nitrogens with one attached hydrogen (secondary N) is 1. The van der Waals surface area contributed by atoms with Crippen LogP contribution >= 0.6 is 11.3 Å². The van der Waals surface area contributed by atoms with E-state index in [9.17, 15) is 13.6 Å². The van der Waals surface area contributed by atoms with Crippen molar-refractivity contribution in [1.82, 2.24) is 9.97 Å². The molecule has 0 saturated carbocycles. The second-order valence-electron chi connectivity index (χ2n) is 5.46. The van der Waals surface area contributed by atoms with E-state index in [2.05, 4.69) is 15.3 Å². The molecule has 0 atom stereocenters. The first-order valence-corrected chi connectivity index (χ1v) is 8.51. The van der Waals surface area contributed by atoms with E-state index in [0.29, 0.717) is 16.8 Å².